The first-order valence-corrected chi connectivity index (χ1v) is 12.8. The number of nitrogens with zero attached hydrogens (tertiary/aromatic N) is 4. The highest BCUT2D eigenvalue weighted by Gasteiger charge is 2.34. The summed E-state index contributed by atoms with van der Waals surface area (Å²) in [4.78, 5) is 13.7. The quantitative estimate of drug-likeness (QED) is 0.297. The highest BCUT2D eigenvalue weighted by molar-refractivity contribution is 9.10. The van der Waals surface area contributed by atoms with E-state index in [0.29, 0.717) is 35.3 Å². The van der Waals surface area contributed by atoms with Gasteiger partial charge in [0.25, 0.3) is 5.91 Å². The predicted octanol–water partition coefficient (Wildman–Crippen LogP) is 5.57. The minimum atomic E-state index is -0.583. The van der Waals surface area contributed by atoms with Crippen molar-refractivity contribution >= 4 is 33.5 Å². The van der Waals surface area contributed by atoms with Crippen molar-refractivity contribution in [1.29, 1.82) is 0 Å². The van der Waals surface area contributed by atoms with Crippen molar-refractivity contribution in [3.8, 4) is 11.5 Å². The molecule has 0 bridgehead atoms. The molecule has 1 amide bonds. The summed E-state index contributed by atoms with van der Waals surface area (Å²) in [6, 6.07) is 18.8. The Morgan fingerprint density at radius 2 is 1.87 bits per heavy atom. The van der Waals surface area contributed by atoms with Crippen molar-refractivity contribution in [2.45, 2.75) is 33.4 Å². The first kappa shape index (κ1) is 25.5. The molecule has 3 aromatic carbocycles. The molecule has 4 aromatic rings. The minimum absolute atomic E-state index is 0.246. The van der Waals surface area contributed by atoms with Gasteiger partial charge < -0.3 is 20.1 Å². The van der Waals surface area contributed by atoms with Crippen LogP contribution in [0.3, 0.4) is 0 Å². The summed E-state index contributed by atoms with van der Waals surface area (Å²) in [5.41, 5.74) is 5.82. The summed E-state index contributed by atoms with van der Waals surface area (Å²) in [7, 11) is 1.59. The second-order valence-corrected chi connectivity index (χ2v) is 9.96. The van der Waals surface area contributed by atoms with Crippen molar-refractivity contribution in [1.82, 2.24) is 20.2 Å². The molecule has 0 spiro atoms. The van der Waals surface area contributed by atoms with Gasteiger partial charge in [0.2, 0.25) is 5.95 Å². The van der Waals surface area contributed by atoms with Crippen LogP contribution >= 0.6 is 15.9 Å². The summed E-state index contributed by atoms with van der Waals surface area (Å²) in [6.45, 7) is 6.23. The molecule has 5 rings (SSSR count). The van der Waals surface area contributed by atoms with E-state index in [4.69, 9.17) is 9.47 Å². The summed E-state index contributed by atoms with van der Waals surface area (Å²) in [5.74, 6) is 1.33. The SMILES string of the molecule is COc1cc(C2C(C(=O)Nc3cccc(C)c3C)=C(C)Nc3nnnn32)ccc1OCc1ccc(Br)cc1. The van der Waals surface area contributed by atoms with Gasteiger partial charge in [0.05, 0.1) is 12.7 Å². The Morgan fingerprint density at radius 1 is 1.08 bits per heavy atom. The number of carbonyl (C=O) groups is 1. The molecule has 1 unspecified atom stereocenters. The number of anilines is 2. The highest BCUT2D eigenvalue weighted by atomic mass is 79.9. The van der Waals surface area contributed by atoms with Gasteiger partial charge in [-0.3, -0.25) is 4.79 Å². The van der Waals surface area contributed by atoms with E-state index in [-0.39, 0.29) is 5.91 Å². The van der Waals surface area contributed by atoms with E-state index in [2.05, 4.69) is 42.1 Å². The molecule has 1 aromatic heterocycles. The largest absolute Gasteiger partial charge is 0.493 e. The third-order valence-corrected chi connectivity index (χ3v) is 7.15. The Kier molecular flexibility index (Phi) is 7.15. The summed E-state index contributed by atoms with van der Waals surface area (Å²) in [6.07, 6.45) is 0. The van der Waals surface area contributed by atoms with E-state index >= 15 is 0 Å². The zero-order chi connectivity index (χ0) is 26.8. The fourth-order valence-corrected chi connectivity index (χ4v) is 4.67. The van der Waals surface area contributed by atoms with Gasteiger partial charge in [-0.25, -0.2) is 0 Å². The maximum atomic E-state index is 13.7. The van der Waals surface area contributed by atoms with Crippen LogP contribution in [0, 0.1) is 13.8 Å². The van der Waals surface area contributed by atoms with E-state index < -0.39 is 6.04 Å². The van der Waals surface area contributed by atoms with E-state index in [9.17, 15) is 4.79 Å². The summed E-state index contributed by atoms with van der Waals surface area (Å²) >= 11 is 3.45. The van der Waals surface area contributed by atoms with Gasteiger partial charge in [0.1, 0.15) is 12.6 Å². The normalized spacial score (nSPS) is 14.5. The number of methoxy groups -OCH3 is 1. The second-order valence-electron chi connectivity index (χ2n) is 9.04. The van der Waals surface area contributed by atoms with E-state index in [1.807, 2.05) is 81.4 Å². The molecule has 0 aliphatic carbocycles. The monoisotopic (exact) mass is 574 g/mol. The smallest absolute Gasteiger partial charge is 0.255 e. The molecule has 194 valence electrons. The van der Waals surface area contributed by atoms with Crippen LogP contribution in [0.15, 0.2) is 76.4 Å². The number of carbonyl (C=O) groups excluding carboxylic acids is 1. The highest BCUT2D eigenvalue weighted by Crippen LogP contribution is 2.39. The number of rotatable bonds is 7. The Balaban J connectivity index is 1.48. The topological polar surface area (TPSA) is 103 Å². The van der Waals surface area contributed by atoms with Crippen LogP contribution in [-0.4, -0.2) is 33.2 Å². The molecule has 2 heterocycles. The fourth-order valence-electron chi connectivity index (χ4n) is 4.41. The van der Waals surface area contributed by atoms with Crippen molar-refractivity contribution in [2.24, 2.45) is 0 Å². The Bertz CT molecular complexity index is 1530. The van der Waals surface area contributed by atoms with Crippen molar-refractivity contribution in [2.75, 3.05) is 17.7 Å². The molecule has 2 N–H and O–H groups in total. The molecular weight excluding hydrogens is 548 g/mol. The summed E-state index contributed by atoms with van der Waals surface area (Å²) < 4.78 is 14.3. The van der Waals surface area contributed by atoms with Crippen LogP contribution in [0.1, 0.15) is 35.2 Å². The third kappa shape index (κ3) is 4.99. The Morgan fingerprint density at radius 3 is 2.63 bits per heavy atom. The molecule has 1 aliphatic heterocycles. The number of tetrazole rings is 1. The summed E-state index contributed by atoms with van der Waals surface area (Å²) in [5, 5.41) is 18.3. The van der Waals surface area contributed by atoms with E-state index in [1.165, 1.54) is 0 Å². The number of halogens is 1. The number of aromatic nitrogens is 4. The zero-order valence-electron chi connectivity index (χ0n) is 21.4. The van der Waals surface area contributed by atoms with Crippen molar-refractivity contribution < 1.29 is 14.3 Å². The molecule has 10 heteroatoms. The van der Waals surface area contributed by atoms with Gasteiger partial charge >= 0.3 is 0 Å². The lowest BCUT2D eigenvalue weighted by Gasteiger charge is -2.28. The van der Waals surface area contributed by atoms with Gasteiger partial charge in [-0.15, -0.1) is 0 Å². The fraction of sp³-hybridized carbons (Fsp3) is 0.214. The predicted molar refractivity (Wildman–Crippen MR) is 148 cm³/mol. The average Bonchev–Trinajstić information content (AvgIpc) is 3.38. The van der Waals surface area contributed by atoms with E-state index in [1.54, 1.807) is 11.8 Å². The van der Waals surface area contributed by atoms with Gasteiger partial charge in [0.15, 0.2) is 11.5 Å². The second kappa shape index (κ2) is 10.7. The Hall–Kier alpha value is -4.18. The molecule has 9 nitrogen and oxygen atoms in total. The van der Waals surface area contributed by atoms with Gasteiger partial charge in [0, 0.05) is 15.9 Å². The van der Waals surface area contributed by atoms with Crippen molar-refractivity contribution in [3.63, 3.8) is 0 Å². The lowest BCUT2D eigenvalue weighted by atomic mass is 9.94. The maximum Gasteiger partial charge on any atom is 0.255 e. The molecule has 38 heavy (non-hydrogen) atoms. The molecule has 0 radical (unpaired) electrons. The number of fused-ring (bicyclic) bond motifs is 1. The number of amides is 1. The first-order chi connectivity index (χ1) is 18.4. The standard InChI is InChI=1S/C28H27BrN6O3/c1-16-6-5-7-22(17(16)2)31-27(36)25-18(3)30-28-32-33-34-35(28)26(25)20-10-13-23(24(14-20)37-4)38-15-19-8-11-21(29)12-9-19/h5-14,26H,15H2,1-4H3,(H,31,36)(H,30,32,34). The molecule has 1 atom stereocenters. The number of ether oxygens (including phenoxy) is 2. The number of hydrogen-bond donors (Lipinski definition) is 2. The molecular formula is C28H27BrN6O3. The van der Waals surface area contributed by atoms with Crippen LogP contribution in [0.2, 0.25) is 0 Å². The first-order valence-electron chi connectivity index (χ1n) is 12.0. The third-order valence-electron chi connectivity index (χ3n) is 6.62. The maximum absolute atomic E-state index is 13.7. The van der Waals surface area contributed by atoms with Crippen LogP contribution in [0.4, 0.5) is 11.6 Å². The lowest BCUT2D eigenvalue weighted by Crippen LogP contribution is -2.31. The number of aryl methyl sites for hydroxylation is 1. The zero-order valence-corrected chi connectivity index (χ0v) is 23.0. The molecule has 1 aliphatic rings. The van der Waals surface area contributed by atoms with E-state index in [0.717, 1.165) is 32.4 Å². The molecule has 0 saturated heterocycles. The number of nitrogens with one attached hydrogen (secondary N) is 2. The van der Waals surface area contributed by atoms with Gasteiger partial charge in [-0.1, -0.05) is 51.4 Å². The lowest BCUT2D eigenvalue weighted by molar-refractivity contribution is -0.113. The van der Waals surface area contributed by atoms with Gasteiger partial charge in [-0.05, 0) is 83.8 Å². The van der Waals surface area contributed by atoms with Crippen LogP contribution in [0.5, 0.6) is 11.5 Å². The number of hydrogen-bond acceptors (Lipinski definition) is 7. The average molecular weight is 575 g/mol. The van der Waals surface area contributed by atoms with Gasteiger partial charge in [-0.2, -0.15) is 4.68 Å². The molecule has 0 saturated carbocycles. The molecule has 0 fully saturated rings. The Labute approximate surface area is 229 Å². The van der Waals surface area contributed by atoms with Crippen LogP contribution < -0.4 is 20.1 Å². The minimum Gasteiger partial charge on any atom is -0.493 e. The number of benzene rings is 3. The van der Waals surface area contributed by atoms with Crippen LogP contribution in [-0.2, 0) is 11.4 Å². The number of allylic oxidation sites excluding steroid dienone is 1. The van der Waals surface area contributed by atoms with Crippen molar-refractivity contribution in [3.05, 3.63) is 98.7 Å². The van der Waals surface area contributed by atoms with Crippen LogP contribution in [0.25, 0.3) is 0 Å².